The number of primary amides is 1. The van der Waals surface area contributed by atoms with Crippen molar-refractivity contribution in [2.45, 2.75) is 25.8 Å². The van der Waals surface area contributed by atoms with Crippen LogP contribution in [0.4, 0.5) is 0 Å². The second kappa shape index (κ2) is 5.71. The van der Waals surface area contributed by atoms with Crippen molar-refractivity contribution in [1.82, 2.24) is 4.90 Å². The Hall–Kier alpha value is -1.40. The van der Waals surface area contributed by atoms with E-state index in [2.05, 4.69) is 6.92 Å². The lowest BCUT2D eigenvalue weighted by molar-refractivity contribution is 0.0578. The van der Waals surface area contributed by atoms with Crippen LogP contribution in [-0.2, 0) is 0 Å². The number of carbonyl (C=O) groups excluding carboxylic acids is 2. The van der Waals surface area contributed by atoms with Crippen LogP contribution in [0.3, 0.4) is 0 Å². The van der Waals surface area contributed by atoms with Gasteiger partial charge in [0.2, 0.25) is 0 Å². The van der Waals surface area contributed by atoms with Gasteiger partial charge in [0.05, 0.1) is 9.75 Å². The van der Waals surface area contributed by atoms with Gasteiger partial charge < -0.3 is 16.4 Å². The molecule has 2 rings (SSSR count). The highest BCUT2D eigenvalue weighted by Gasteiger charge is 2.30. The molecular weight excluding hydrogens is 262 g/mol. The first kappa shape index (κ1) is 14.0. The molecule has 6 heteroatoms. The quantitative estimate of drug-likeness (QED) is 0.867. The Bertz CT molecular complexity index is 486. The SMILES string of the molecule is CC1CCN(C(=O)c2ccc(C(N)=O)s2)C(CN)C1. The van der Waals surface area contributed by atoms with E-state index >= 15 is 0 Å². The van der Waals surface area contributed by atoms with Crippen molar-refractivity contribution in [2.24, 2.45) is 17.4 Å². The van der Waals surface area contributed by atoms with Crippen LogP contribution in [0.5, 0.6) is 0 Å². The van der Waals surface area contributed by atoms with Crippen molar-refractivity contribution in [2.75, 3.05) is 13.1 Å². The number of amides is 2. The number of likely N-dealkylation sites (tertiary alicyclic amines) is 1. The third-order valence-electron chi connectivity index (χ3n) is 3.57. The number of thiophene rings is 1. The van der Waals surface area contributed by atoms with E-state index in [1.54, 1.807) is 12.1 Å². The third-order valence-corrected chi connectivity index (χ3v) is 4.66. The minimum absolute atomic E-state index is 0.0418. The lowest BCUT2D eigenvalue weighted by Crippen LogP contribution is -2.49. The Balaban J connectivity index is 2.15. The van der Waals surface area contributed by atoms with Gasteiger partial charge in [0.1, 0.15) is 0 Å². The van der Waals surface area contributed by atoms with Crippen molar-refractivity contribution in [3.8, 4) is 0 Å². The van der Waals surface area contributed by atoms with Crippen molar-refractivity contribution in [3.05, 3.63) is 21.9 Å². The summed E-state index contributed by atoms with van der Waals surface area (Å²) in [4.78, 5) is 26.3. The molecule has 0 bridgehead atoms. The topological polar surface area (TPSA) is 89.4 Å². The van der Waals surface area contributed by atoms with Crippen LogP contribution in [0.2, 0.25) is 0 Å². The van der Waals surface area contributed by atoms with Gasteiger partial charge in [-0.15, -0.1) is 11.3 Å². The third kappa shape index (κ3) is 2.96. The van der Waals surface area contributed by atoms with E-state index in [0.29, 0.717) is 22.2 Å². The first-order valence-electron chi connectivity index (χ1n) is 6.43. The molecule has 0 saturated carbocycles. The fourth-order valence-corrected chi connectivity index (χ4v) is 3.28. The molecule has 2 unspecified atom stereocenters. The summed E-state index contributed by atoms with van der Waals surface area (Å²) in [5, 5.41) is 0. The Morgan fingerprint density at radius 2 is 2.11 bits per heavy atom. The highest BCUT2D eigenvalue weighted by molar-refractivity contribution is 7.15. The molecule has 19 heavy (non-hydrogen) atoms. The summed E-state index contributed by atoms with van der Waals surface area (Å²) in [6.45, 7) is 3.39. The van der Waals surface area contributed by atoms with Crippen LogP contribution < -0.4 is 11.5 Å². The molecule has 5 nitrogen and oxygen atoms in total. The van der Waals surface area contributed by atoms with Gasteiger partial charge in [-0.05, 0) is 30.9 Å². The fraction of sp³-hybridized carbons (Fsp3) is 0.538. The van der Waals surface area contributed by atoms with Gasteiger partial charge in [-0.2, -0.15) is 0 Å². The van der Waals surface area contributed by atoms with Crippen LogP contribution in [0.1, 0.15) is 39.1 Å². The Morgan fingerprint density at radius 1 is 1.42 bits per heavy atom. The second-order valence-corrected chi connectivity index (χ2v) is 6.13. The summed E-state index contributed by atoms with van der Waals surface area (Å²) in [7, 11) is 0. The van der Waals surface area contributed by atoms with E-state index in [9.17, 15) is 9.59 Å². The van der Waals surface area contributed by atoms with E-state index in [4.69, 9.17) is 11.5 Å². The summed E-state index contributed by atoms with van der Waals surface area (Å²) in [5.74, 6) is 0.0636. The molecule has 1 fully saturated rings. The van der Waals surface area contributed by atoms with Crippen molar-refractivity contribution in [3.63, 3.8) is 0 Å². The van der Waals surface area contributed by atoms with Gasteiger partial charge in [-0.1, -0.05) is 6.92 Å². The predicted octanol–water partition coefficient (Wildman–Crippen LogP) is 1.05. The molecule has 2 amide bonds. The van der Waals surface area contributed by atoms with Crippen LogP contribution in [0.15, 0.2) is 12.1 Å². The van der Waals surface area contributed by atoms with E-state index in [1.807, 2.05) is 4.90 Å². The first-order chi connectivity index (χ1) is 9.02. The molecule has 1 saturated heterocycles. The molecule has 2 heterocycles. The maximum Gasteiger partial charge on any atom is 0.264 e. The fourth-order valence-electron chi connectivity index (χ4n) is 2.47. The number of piperidine rings is 1. The highest BCUT2D eigenvalue weighted by atomic mass is 32.1. The summed E-state index contributed by atoms with van der Waals surface area (Å²) in [6.07, 6.45) is 1.94. The smallest absolute Gasteiger partial charge is 0.264 e. The minimum Gasteiger partial charge on any atom is -0.365 e. The Morgan fingerprint density at radius 3 is 2.68 bits per heavy atom. The molecule has 1 aromatic heterocycles. The number of hydrogen-bond acceptors (Lipinski definition) is 4. The van der Waals surface area contributed by atoms with Crippen molar-refractivity contribution >= 4 is 23.2 Å². The zero-order chi connectivity index (χ0) is 14.0. The maximum atomic E-state index is 12.4. The van der Waals surface area contributed by atoms with E-state index in [1.165, 1.54) is 0 Å². The molecule has 0 aromatic carbocycles. The molecule has 4 N–H and O–H groups in total. The molecule has 0 radical (unpaired) electrons. The highest BCUT2D eigenvalue weighted by Crippen LogP contribution is 2.26. The van der Waals surface area contributed by atoms with Gasteiger partial charge in [-0.25, -0.2) is 0 Å². The maximum absolute atomic E-state index is 12.4. The van der Waals surface area contributed by atoms with E-state index in [-0.39, 0.29) is 11.9 Å². The number of hydrogen-bond donors (Lipinski definition) is 2. The Labute approximate surface area is 116 Å². The molecular formula is C13H19N3O2S. The van der Waals surface area contributed by atoms with Crippen molar-refractivity contribution in [1.29, 1.82) is 0 Å². The van der Waals surface area contributed by atoms with Gasteiger partial charge in [0, 0.05) is 19.1 Å². The second-order valence-electron chi connectivity index (χ2n) is 5.05. The van der Waals surface area contributed by atoms with Gasteiger partial charge in [-0.3, -0.25) is 9.59 Å². The number of rotatable bonds is 3. The van der Waals surface area contributed by atoms with Gasteiger partial charge in [0.15, 0.2) is 0 Å². The van der Waals surface area contributed by atoms with Crippen molar-refractivity contribution < 1.29 is 9.59 Å². The predicted molar refractivity (Wildman–Crippen MR) is 75.1 cm³/mol. The lowest BCUT2D eigenvalue weighted by atomic mass is 9.92. The monoisotopic (exact) mass is 281 g/mol. The summed E-state index contributed by atoms with van der Waals surface area (Å²) >= 11 is 1.15. The van der Waals surface area contributed by atoms with Gasteiger partial charge >= 0.3 is 0 Å². The summed E-state index contributed by atoms with van der Waals surface area (Å²) < 4.78 is 0. The molecule has 104 valence electrons. The lowest BCUT2D eigenvalue weighted by Gasteiger charge is -2.37. The number of nitrogens with two attached hydrogens (primary N) is 2. The van der Waals surface area contributed by atoms with Crippen LogP contribution >= 0.6 is 11.3 Å². The average Bonchev–Trinajstić information content (AvgIpc) is 2.87. The number of nitrogens with zero attached hydrogens (tertiary/aromatic N) is 1. The standard InChI is InChI=1S/C13H19N3O2S/c1-8-4-5-16(9(6-8)7-14)13(18)11-3-2-10(19-11)12(15)17/h2-3,8-9H,4-7,14H2,1H3,(H2,15,17). The van der Waals surface area contributed by atoms with E-state index in [0.717, 1.165) is 30.7 Å². The van der Waals surface area contributed by atoms with E-state index < -0.39 is 5.91 Å². The largest absolute Gasteiger partial charge is 0.365 e. The number of carbonyl (C=O) groups is 2. The first-order valence-corrected chi connectivity index (χ1v) is 7.25. The zero-order valence-electron chi connectivity index (χ0n) is 11.0. The average molecular weight is 281 g/mol. The van der Waals surface area contributed by atoms with Gasteiger partial charge in [0.25, 0.3) is 11.8 Å². The normalized spacial score (nSPS) is 23.4. The Kier molecular flexibility index (Phi) is 4.21. The zero-order valence-corrected chi connectivity index (χ0v) is 11.8. The molecule has 0 aliphatic carbocycles. The molecule has 2 atom stereocenters. The molecule has 1 aliphatic rings. The summed E-state index contributed by atoms with van der Waals surface area (Å²) in [6, 6.07) is 3.36. The van der Waals surface area contributed by atoms with Crippen LogP contribution in [0.25, 0.3) is 0 Å². The minimum atomic E-state index is -0.494. The van der Waals surface area contributed by atoms with Crippen LogP contribution in [0, 0.1) is 5.92 Å². The molecule has 1 aliphatic heterocycles. The summed E-state index contributed by atoms with van der Waals surface area (Å²) in [5.41, 5.74) is 11.0. The molecule has 1 aromatic rings. The van der Waals surface area contributed by atoms with Crippen LogP contribution in [-0.4, -0.2) is 35.8 Å². The molecule has 0 spiro atoms.